The molecule has 2 aromatic rings. The maximum atomic E-state index is 13.0. The molecule has 3 atom stereocenters. The van der Waals surface area contributed by atoms with Crippen molar-refractivity contribution in [3.05, 3.63) is 54.0 Å². The van der Waals surface area contributed by atoms with Crippen LogP contribution in [0.5, 0.6) is 0 Å². The minimum absolute atomic E-state index is 0.0728. The smallest absolute Gasteiger partial charge is 0.434 e. The van der Waals surface area contributed by atoms with Gasteiger partial charge < -0.3 is 24.4 Å². The normalized spacial score (nSPS) is 24.7. The van der Waals surface area contributed by atoms with E-state index in [0.29, 0.717) is 6.20 Å². The predicted molar refractivity (Wildman–Crippen MR) is 106 cm³/mol. The number of rotatable bonds is 4. The first-order valence-electron chi connectivity index (χ1n) is 10.1. The molecule has 1 aromatic carbocycles. The molecular weight excluding hydrogens is 429 g/mol. The number of alkyl halides is 3. The van der Waals surface area contributed by atoms with Gasteiger partial charge in [0.05, 0.1) is 25.0 Å². The summed E-state index contributed by atoms with van der Waals surface area (Å²) in [6, 6.07) is 8.65. The third-order valence-electron chi connectivity index (χ3n) is 5.16. The van der Waals surface area contributed by atoms with Crippen LogP contribution in [0.3, 0.4) is 0 Å². The number of benzene rings is 1. The summed E-state index contributed by atoms with van der Waals surface area (Å²) >= 11 is 0. The lowest BCUT2D eigenvalue weighted by Gasteiger charge is -2.38. The van der Waals surface area contributed by atoms with E-state index in [1.807, 2.05) is 30.3 Å². The van der Waals surface area contributed by atoms with Gasteiger partial charge in [-0.3, -0.25) is 4.98 Å². The molecule has 0 unspecified atom stereocenters. The van der Waals surface area contributed by atoms with Gasteiger partial charge in [0, 0.05) is 6.54 Å². The van der Waals surface area contributed by atoms with Gasteiger partial charge in [-0.25, -0.2) is 9.78 Å². The molecule has 1 N–H and O–H groups in total. The Morgan fingerprint density at radius 1 is 1.22 bits per heavy atom. The summed E-state index contributed by atoms with van der Waals surface area (Å²) in [5.74, 6) is -0.977. The van der Waals surface area contributed by atoms with Gasteiger partial charge in [0.15, 0.2) is 11.5 Å². The topological polar surface area (TPSA) is 85.8 Å². The highest BCUT2D eigenvalue weighted by atomic mass is 19.4. The fraction of sp³-hybridized carbons (Fsp3) is 0.476. The van der Waals surface area contributed by atoms with Gasteiger partial charge in [-0.1, -0.05) is 30.3 Å². The van der Waals surface area contributed by atoms with E-state index in [-0.39, 0.29) is 25.5 Å². The van der Waals surface area contributed by atoms with Gasteiger partial charge in [-0.15, -0.1) is 0 Å². The van der Waals surface area contributed by atoms with Crippen molar-refractivity contribution in [3.8, 4) is 0 Å². The number of halogens is 3. The van der Waals surface area contributed by atoms with Crippen molar-refractivity contribution in [2.24, 2.45) is 0 Å². The molecule has 32 heavy (non-hydrogen) atoms. The average Bonchev–Trinajstić information content (AvgIpc) is 3.06. The Morgan fingerprint density at radius 3 is 2.69 bits per heavy atom. The first-order valence-corrected chi connectivity index (χ1v) is 10.1. The van der Waals surface area contributed by atoms with E-state index in [9.17, 15) is 18.0 Å². The summed E-state index contributed by atoms with van der Waals surface area (Å²) < 4.78 is 56.3. The lowest BCUT2D eigenvalue weighted by Crippen LogP contribution is -2.58. The summed E-state index contributed by atoms with van der Waals surface area (Å²) in [4.78, 5) is 21.4. The van der Waals surface area contributed by atoms with Crippen molar-refractivity contribution in [1.82, 2.24) is 14.9 Å². The Balaban J connectivity index is 1.49. The lowest BCUT2D eigenvalue weighted by atomic mass is 10.00. The third kappa shape index (κ3) is 5.10. The SMILES string of the molecule is CC1(C)O[C@@H]2[C@@H](Nc3cncc(C(F)(F)F)n3)CN(C(=O)OCc3ccccc3)C[C@@H]2O1. The fourth-order valence-corrected chi connectivity index (χ4v) is 3.83. The van der Waals surface area contributed by atoms with Crippen molar-refractivity contribution in [1.29, 1.82) is 0 Å². The number of aromatic nitrogens is 2. The largest absolute Gasteiger partial charge is 0.445 e. The van der Waals surface area contributed by atoms with Crippen LogP contribution in [0, 0.1) is 0 Å². The van der Waals surface area contributed by atoms with Crippen LogP contribution in [0.15, 0.2) is 42.7 Å². The van der Waals surface area contributed by atoms with E-state index in [1.54, 1.807) is 13.8 Å². The number of hydrogen-bond donors (Lipinski definition) is 1. The summed E-state index contributed by atoms with van der Waals surface area (Å²) in [5, 5.41) is 2.93. The molecule has 0 spiro atoms. The standard InChI is InChI=1S/C21H23F3N4O4/c1-20(2)31-15-11-28(19(29)30-12-13-6-4-3-5-7-13)10-14(18(15)32-20)26-17-9-25-8-16(27-17)21(22,23)24/h3-9,14-15,18H,10-12H2,1-2H3,(H,26,27)/t14-,15-,18+/m0/s1. The van der Waals surface area contributed by atoms with Crippen LogP contribution in [0.2, 0.25) is 0 Å². The minimum atomic E-state index is -4.62. The number of likely N-dealkylation sites (tertiary alicyclic amines) is 1. The van der Waals surface area contributed by atoms with E-state index in [4.69, 9.17) is 14.2 Å². The zero-order chi connectivity index (χ0) is 22.9. The predicted octanol–water partition coefficient (Wildman–Crippen LogP) is 3.45. The van der Waals surface area contributed by atoms with Crippen LogP contribution < -0.4 is 5.32 Å². The van der Waals surface area contributed by atoms with Gasteiger partial charge in [0.2, 0.25) is 0 Å². The second kappa shape index (κ2) is 8.55. The van der Waals surface area contributed by atoms with E-state index >= 15 is 0 Å². The maximum Gasteiger partial charge on any atom is 0.434 e. The minimum Gasteiger partial charge on any atom is -0.445 e. The van der Waals surface area contributed by atoms with E-state index in [0.717, 1.165) is 5.56 Å². The molecular formula is C21H23F3N4O4. The molecule has 2 aliphatic heterocycles. The third-order valence-corrected chi connectivity index (χ3v) is 5.16. The molecule has 2 fully saturated rings. The van der Waals surface area contributed by atoms with Crippen LogP contribution in [0.4, 0.5) is 23.8 Å². The molecule has 1 amide bonds. The van der Waals surface area contributed by atoms with Gasteiger partial charge in [0.25, 0.3) is 0 Å². The lowest BCUT2D eigenvalue weighted by molar-refractivity contribution is -0.145. The van der Waals surface area contributed by atoms with Gasteiger partial charge in [0.1, 0.15) is 24.6 Å². The van der Waals surface area contributed by atoms with Crippen LogP contribution in [0.25, 0.3) is 0 Å². The van der Waals surface area contributed by atoms with Crippen LogP contribution in [0.1, 0.15) is 25.1 Å². The second-order valence-corrected chi connectivity index (χ2v) is 8.12. The molecule has 3 heterocycles. The Kier molecular flexibility index (Phi) is 5.95. The van der Waals surface area contributed by atoms with Crippen LogP contribution in [-0.4, -0.2) is 58.1 Å². The average molecular weight is 452 g/mol. The molecule has 11 heteroatoms. The molecule has 0 bridgehead atoms. The van der Waals surface area contributed by atoms with Crippen LogP contribution >= 0.6 is 0 Å². The van der Waals surface area contributed by atoms with Crippen molar-refractivity contribution >= 4 is 11.9 Å². The number of piperidine rings is 1. The molecule has 8 nitrogen and oxygen atoms in total. The second-order valence-electron chi connectivity index (χ2n) is 8.12. The van der Waals surface area contributed by atoms with E-state index in [2.05, 4.69) is 15.3 Å². The van der Waals surface area contributed by atoms with Crippen molar-refractivity contribution in [2.75, 3.05) is 18.4 Å². The monoisotopic (exact) mass is 452 g/mol. The first-order chi connectivity index (χ1) is 15.1. The zero-order valence-electron chi connectivity index (χ0n) is 17.5. The molecule has 1 aromatic heterocycles. The molecule has 4 rings (SSSR count). The molecule has 2 aliphatic rings. The number of amides is 1. The van der Waals surface area contributed by atoms with E-state index < -0.39 is 42.0 Å². The molecule has 0 saturated carbocycles. The number of hydrogen-bond acceptors (Lipinski definition) is 7. The zero-order valence-corrected chi connectivity index (χ0v) is 17.5. The van der Waals surface area contributed by atoms with Gasteiger partial charge in [-0.05, 0) is 19.4 Å². The fourth-order valence-electron chi connectivity index (χ4n) is 3.83. The van der Waals surface area contributed by atoms with Crippen molar-refractivity contribution in [3.63, 3.8) is 0 Å². The highest BCUT2D eigenvalue weighted by molar-refractivity contribution is 5.68. The Hall–Kier alpha value is -2.92. The number of fused-ring (bicyclic) bond motifs is 1. The number of anilines is 1. The van der Waals surface area contributed by atoms with Crippen LogP contribution in [-0.2, 0) is 27.0 Å². The molecule has 2 saturated heterocycles. The highest BCUT2D eigenvalue weighted by Crippen LogP contribution is 2.35. The first kappa shape index (κ1) is 22.3. The Morgan fingerprint density at radius 2 is 1.97 bits per heavy atom. The van der Waals surface area contributed by atoms with E-state index in [1.165, 1.54) is 11.1 Å². The number of nitrogens with zero attached hydrogens (tertiary/aromatic N) is 3. The highest BCUT2D eigenvalue weighted by Gasteiger charge is 2.50. The number of ether oxygens (including phenoxy) is 3. The molecule has 0 radical (unpaired) electrons. The number of carbonyl (C=O) groups is 1. The Labute approximate surface area is 182 Å². The number of carbonyl (C=O) groups excluding carboxylic acids is 1. The van der Waals surface area contributed by atoms with Crippen molar-refractivity contribution < 1.29 is 32.2 Å². The van der Waals surface area contributed by atoms with Crippen molar-refractivity contribution in [2.45, 2.75) is 50.7 Å². The summed E-state index contributed by atoms with van der Waals surface area (Å²) in [7, 11) is 0. The Bertz CT molecular complexity index is 958. The summed E-state index contributed by atoms with van der Waals surface area (Å²) in [5.41, 5.74) is -0.274. The van der Waals surface area contributed by atoms with Gasteiger partial charge in [-0.2, -0.15) is 13.2 Å². The maximum absolute atomic E-state index is 13.0. The molecule has 172 valence electrons. The summed E-state index contributed by atoms with van der Waals surface area (Å²) in [6.45, 7) is 3.94. The summed E-state index contributed by atoms with van der Waals surface area (Å²) in [6.07, 6.45) is -4.32. The quantitative estimate of drug-likeness (QED) is 0.761. The molecule has 0 aliphatic carbocycles. The number of nitrogens with one attached hydrogen (secondary N) is 1. The van der Waals surface area contributed by atoms with Gasteiger partial charge >= 0.3 is 12.3 Å².